The van der Waals surface area contributed by atoms with Crippen molar-refractivity contribution < 1.29 is 14.5 Å². The van der Waals surface area contributed by atoms with Crippen LogP contribution in [0.25, 0.3) is 0 Å². The summed E-state index contributed by atoms with van der Waals surface area (Å²) < 4.78 is 5.33. The van der Waals surface area contributed by atoms with Crippen LogP contribution in [-0.4, -0.2) is 44.2 Å². The fraction of sp³-hybridized carbons (Fsp3) is 0.562. The van der Waals surface area contributed by atoms with E-state index in [1.54, 1.807) is 7.11 Å². The summed E-state index contributed by atoms with van der Waals surface area (Å²) in [4.78, 5) is 22.4. The van der Waals surface area contributed by atoms with Gasteiger partial charge in [-0.2, -0.15) is 0 Å². The van der Waals surface area contributed by atoms with Gasteiger partial charge in [0.05, 0.1) is 23.0 Å². The molecule has 2 rings (SSSR count). The molecule has 8 heteroatoms. The molecule has 0 bridgehead atoms. The lowest BCUT2D eigenvalue weighted by atomic mass is 9.79. The summed E-state index contributed by atoms with van der Waals surface area (Å²) in [6.45, 7) is 2.97. The first kappa shape index (κ1) is 18.6. The number of non-ortho nitro benzene ring substituents is 1. The lowest BCUT2D eigenvalue weighted by Gasteiger charge is -2.37. The average Bonchev–Trinajstić information content (AvgIpc) is 2.56. The highest BCUT2D eigenvalue weighted by molar-refractivity contribution is 6.31. The first-order valence-corrected chi connectivity index (χ1v) is 8.23. The molecule has 0 spiro atoms. The number of hydrogen-bond acceptors (Lipinski definition) is 5. The molecule has 0 radical (unpaired) electrons. The highest BCUT2D eigenvalue weighted by Gasteiger charge is 2.32. The van der Waals surface area contributed by atoms with E-state index in [0.717, 1.165) is 25.9 Å². The average molecular weight is 356 g/mol. The number of nitrogens with one attached hydrogen (secondary N) is 2. The number of halogens is 1. The number of piperidine rings is 1. The monoisotopic (exact) mass is 355 g/mol. The van der Waals surface area contributed by atoms with Gasteiger partial charge >= 0.3 is 0 Å². The van der Waals surface area contributed by atoms with Crippen LogP contribution in [0.5, 0.6) is 0 Å². The van der Waals surface area contributed by atoms with Crippen LogP contribution in [0.1, 0.15) is 18.4 Å². The van der Waals surface area contributed by atoms with Crippen LogP contribution in [0.4, 0.5) is 5.69 Å². The first-order valence-electron chi connectivity index (χ1n) is 7.85. The number of rotatable bonds is 7. The fourth-order valence-corrected chi connectivity index (χ4v) is 3.19. The van der Waals surface area contributed by atoms with Gasteiger partial charge in [-0.25, -0.2) is 0 Å². The smallest absolute Gasteiger partial charge is 0.270 e. The molecular formula is C16H22ClN3O4. The molecular weight excluding hydrogens is 334 g/mol. The molecule has 1 saturated heterocycles. The summed E-state index contributed by atoms with van der Waals surface area (Å²) in [6.07, 6.45) is 1.98. The first-order chi connectivity index (χ1) is 11.5. The van der Waals surface area contributed by atoms with Crippen LogP contribution >= 0.6 is 11.6 Å². The number of amides is 1. The summed E-state index contributed by atoms with van der Waals surface area (Å²) in [7, 11) is 1.67. The van der Waals surface area contributed by atoms with E-state index < -0.39 is 4.92 Å². The Morgan fingerprint density at radius 3 is 2.75 bits per heavy atom. The molecule has 7 nitrogen and oxygen atoms in total. The summed E-state index contributed by atoms with van der Waals surface area (Å²) in [5, 5.41) is 17.2. The zero-order chi connectivity index (χ0) is 17.6. The van der Waals surface area contributed by atoms with Gasteiger partial charge in [0.25, 0.3) is 5.69 Å². The minimum atomic E-state index is -0.513. The van der Waals surface area contributed by atoms with E-state index in [4.69, 9.17) is 16.3 Å². The maximum Gasteiger partial charge on any atom is 0.270 e. The molecule has 2 N–H and O–H groups in total. The van der Waals surface area contributed by atoms with Crippen molar-refractivity contribution in [3.63, 3.8) is 0 Å². The second-order valence-corrected chi connectivity index (χ2v) is 6.58. The molecule has 24 heavy (non-hydrogen) atoms. The van der Waals surface area contributed by atoms with Gasteiger partial charge in [-0.15, -0.1) is 0 Å². The third kappa shape index (κ3) is 4.90. The van der Waals surface area contributed by atoms with Crippen molar-refractivity contribution in [1.82, 2.24) is 10.6 Å². The third-order valence-corrected chi connectivity index (χ3v) is 4.73. The molecule has 0 atom stereocenters. The third-order valence-electron chi connectivity index (χ3n) is 4.37. The highest BCUT2D eigenvalue weighted by atomic mass is 35.5. The van der Waals surface area contributed by atoms with Crippen LogP contribution in [0.15, 0.2) is 18.2 Å². The van der Waals surface area contributed by atoms with E-state index in [1.807, 2.05) is 0 Å². The molecule has 1 fully saturated rings. The Balaban J connectivity index is 1.94. The number of ether oxygens (including phenoxy) is 1. The Morgan fingerprint density at radius 1 is 1.46 bits per heavy atom. The molecule has 1 aliphatic rings. The SMILES string of the molecule is COCC1(CNC(=O)Cc2ccc([N+](=O)[O-])cc2Cl)CCNCC1. The van der Waals surface area contributed by atoms with E-state index in [1.165, 1.54) is 18.2 Å². The predicted molar refractivity (Wildman–Crippen MR) is 91.2 cm³/mol. The van der Waals surface area contributed by atoms with E-state index in [0.29, 0.717) is 18.7 Å². The van der Waals surface area contributed by atoms with E-state index in [2.05, 4.69) is 10.6 Å². The van der Waals surface area contributed by atoms with Crippen molar-refractivity contribution in [2.45, 2.75) is 19.3 Å². The van der Waals surface area contributed by atoms with Crippen molar-refractivity contribution in [3.8, 4) is 0 Å². The number of carbonyl (C=O) groups is 1. The maximum absolute atomic E-state index is 12.2. The van der Waals surface area contributed by atoms with Gasteiger partial charge < -0.3 is 15.4 Å². The molecule has 1 aromatic rings. The zero-order valence-corrected chi connectivity index (χ0v) is 14.4. The molecule has 1 aliphatic heterocycles. The molecule has 1 heterocycles. The molecule has 0 aromatic heterocycles. The number of benzene rings is 1. The number of nitro groups is 1. The van der Waals surface area contributed by atoms with Crippen LogP contribution in [-0.2, 0) is 16.0 Å². The molecule has 0 aliphatic carbocycles. The molecule has 0 saturated carbocycles. The lowest BCUT2D eigenvalue weighted by molar-refractivity contribution is -0.384. The van der Waals surface area contributed by atoms with Gasteiger partial charge in [-0.1, -0.05) is 17.7 Å². The Hall–Kier alpha value is -1.70. The van der Waals surface area contributed by atoms with Crippen molar-refractivity contribution in [2.75, 3.05) is 33.4 Å². The summed E-state index contributed by atoms with van der Waals surface area (Å²) in [6, 6.07) is 4.15. The maximum atomic E-state index is 12.2. The van der Waals surface area contributed by atoms with Crippen LogP contribution in [0.2, 0.25) is 5.02 Å². The molecule has 1 amide bonds. The lowest BCUT2D eigenvalue weighted by Crippen LogP contribution is -2.47. The van der Waals surface area contributed by atoms with Gasteiger partial charge in [-0.3, -0.25) is 14.9 Å². The van der Waals surface area contributed by atoms with Gasteiger partial charge in [-0.05, 0) is 31.5 Å². The number of methoxy groups -OCH3 is 1. The highest BCUT2D eigenvalue weighted by Crippen LogP contribution is 2.28. The second-order valence-electron chi connectivity index (χ2n) is 6.17. The molecule has 1 aromatic carbocycles. The normalized spacial score (nSPS) is 16.6. The largest absolute Gasteiger partial charge is 0.384 e. The number of carbonyl (C=O) groups excluding carboxylic acids is 1. The Kier molecular flexibility index (Phi) is 6.53. The van der Waals surface area contributed by atoms with Crippen LogP contribution in [0.3, 0.4) is 0 Å². The Morgan fingerprint density at radius 2 is 2.17 bits per heavy atom. The van der Waals surface area contributed by atoms with E-state index in [9.17, 15) is 14.9 Å². The van der Waals surface area contributed by atoms with Gasteiger partial charge in [0.2, 0.25) is 5.91 Å². The van der Waals surface area contributed by atoms with Crippen molar-refractivity contribution in [2.24, 2.45) is 5.41 Å². The van der Waals surface area contributed by atoms with Crippen molar-refractivity contribution in [1.29, 1.82) is 0 Å². The summed E-state index contributed by atoms with van der Waals surface area (Å²) in [5.41, 5.74) is 0.443. The van der Waals surface area contributed by atoms with E-state index in [-0.39, 0.29) is 28.5 Å². The minimum Gasteiger partial charge on any atom is -0.384 e. The Labute approximate surface area is 145 Å². The number of nitrogens with zero attached hydrogens (tertiary/aromatic N) is 1. The number of nitro benzene ring substituents is 1. The van der Waals surface area contributed by atoms with E-state index >= 15 is 0 Å². The summed E-state index contributed by atoms with van der Waals surface area (Å²) >= 11 is 6.03. The fourth-order valence-electron chi connectivity index (χ4n) is 2.95. The second kappa shape index (κ2) is 8.41. The van der Waals surface area contributed by atoms with Gasteiger partial charge in [0.1, 0.15) is 0 Å². The molecule has 132 valence electrons. The minimum absolute atomic E-state index is 0.0467. The quantitative estimate of drug-likeness (QED) is 0.575. The summed E-state index contributed by atoms with van der Waals surface area (Å²) in [5.74, 6) is -0.153. The predicted octanol–water partition coefficient (Wildman–Crippen LogP) is 1.92. The van der Waals surface area contributed by atoms with Crippen molar-refractivity contribution in [3.05, 3.63) is 38.9 Å². The van der Waals surface area contributed by atoms with Gasteiger partial charge in [0.15, 0.2) is 0 Å². The van der Waals surface area contributed by atoms with Gasteiger partial charge in [0, 0.05) is 31.2 Å². The zero-order valence-electron chi connectivity index (χ0n) is 13.6. The standard InChI is InChI=1S/C16H22ClN3O4/c1-24-11-16(4-6-18-7-5-16)10-19-15(21)8-12-2-3-13(20(22)23)9-14(12)17/h2-3,9,18H,4-8,10-11H2,1H3,(H,19,21). The topological polar surface area (TPSA) is 93.5 Å². The van der Waals surface area contributed by atoms with Crippen LogP contribution in [0, 0.1) is 15.5 Å². The Bertz CT molecular complexity index is 597. The molecule has 0 unspecified atom stereocenters. The van der Waals surface area contributed by atoms with Crippen molar-refractivity contribution >= 4 is 23.2 Å². The van der Waals surface area contributed by atoms with Crippen LogP contribution < -0.4 is 10.6 Å². The number of hydrogen-bond donors (Lipinski definition) is 2.